The van der Waals surface area contributed by atoms with Gasteiger partial charge in [-0.3, -0.25) is 0 Å². The molecule has 1 aliphatic rings. The molecule has 20 heavy (non-hydrogen) atoms. The molecule has 1 heterocycles. The fraction of sp³-hybridized carbons (Fsp3) is 0.500. The quantitative estimate of drug-likeness (QED) is 0.684. The van der Waals surface area contributed by atoms with Gasteiger partial charge in [0.2, 0.25) is 0 Å². The van der Waals surface area contributed by atoms with E-state index in [9.17, 15) is 0 Å². The van der Waals surface area contributed by atoms with Crippen LogP contribution in [0.4, 0.5) is 0 Å². The Bertz CT molecular complexity index is 501. The number of nitrogens with two attached hydrogens (primary N) is 1. The molecule has 0 amide bonds. The van der Waals surface area contributed by atoms with E-state index in [1.807, 2.05) is 30.9 Å². The maximum atomic E-state index is 6.18. The molecule has 0 fully saturated rings. The second kappa shape index (κ2) is 6.70. The molecule has 0 saturated carbocycles. The van der Waals surface area contributed by atoms with Crippen molar-refractivity contribution in [3.05, 3.63) is 22.7 Å². The average molecular weight is 298 g/mol. The van der Waals surface area contributed by atoms with Crippen molar-refractivity contribution < 1.29 is 9.47 Å². The molecule has 2 rings (SSSR count). The van der Waals surface area contributed by atoms with Gasteiger partial charge < -0.3 is 20.1 Å². The van der Waals surface area contributed by atoms with Crippen molar-refractivity contribution in [1.82, 2.24) is 4.90 Å². The van der Waals surface area contributed by atoms with Gasteiger partial charge in [0, 0.05) is 13.1 Å². The van der Waals surface area contributed by atoms with Gasteiger partial charge in [0.1, 0.15) is 13.2 Å². The molecular weight excluding hydrogens is 278 g/mol. The standard InChI is InChI=1S/C14H20ClN3O2/c1-3-18(4-2)14(16)17-9-10-7-11(15)13-12(8-10)19-5-6-20-13/h7-8H,3-6,9H2,1-2H3,(H2,16,17). The largest absolute Gasteiger partial charge is 0.486 e. The monoisotopic (exact) mass is 297 g/mol. The third kappa shape index (κ3) is 3.28. The molecule has 0 unspecified atom stereocenters. The van der Waals surface area contributed by atoms with Crippen LogP contribution in [0, 0.1) is 0 Å². The van der Waals surface area contributed by atoms with Gasteiger partial charge in [-0.1, -0.05) is 11.6 Å². The molecule has 0 aliphatic carbocycles. The molecule has 2 N–H and O–H groups in total. The molecular formula is C14H20ClN3O2. The van der Waals surface area contributed by atoms with Crippen LogP contribution in [0.5, 0.6) is 11.5 Å². The van der Waals surface area contributed by atoms with Crippen LogP contribution in [0.15, 0.2) is 17.1 Å². The van der Waals surface area contributed by atoms with E-state index in [0.717, 1.165) is 18.7 Å². The van der Waals surface area contributed by atoms with Crippen LogP contribution >= 0.6 is 11.6 Å². The summed E-state index contributed by atoms with van der Waals surface area (Å²) in [5.74, 6) is 1.83. The van der Waals surface area contributed by atoms with E-state index in [-0.39, 0.29) is 0 Å². The maximum absolute atomic E-state index is 6.18. The number of hydrogen-bond donors (Lipinski definition) is 1. The summed E-state index contributed by atoms with van der Waals surface area (Å²) in [4.78, 5) is 6.39. The van der Waals surface area contributed by atoms with Crippen molar-refractivity contribution >= 4 is 17.6 Å². The van der Waals surface area contributed by atoms with Gasteiger partial charge in [0.15, 0.2) is 17.5 Å². The first kappa shape index (κ1) is 14.8. The number of halogens is 1. The first-order valence-electron chi connectivity index (χ1n) is 6.78. The fourth-order valence-electron chi connectivity index (χ4n) is 2.08. The predicted molar refractivity (Wildman–Crippen MR) is 80.7 cm³/mol. The minimum absolute atomic E-state index is 0.471. The summed E-state index contributed by atoms with van der Waals surface area (Å²) < 4.78 is 11.0. The molecule has 0 aromatic heterocycles. The highest BCUT2D eigenvalue weighted by Gasteiger charge is 2.16. The third-order valence-corrected chi connectivity index (χ3v) is 3.45. The van der Waals surface area contributed by atoms with Gasteiger partial charge in [-0.05, 0) is 31.5 Å². The third-order valence-electron chi connectivity index (χ3n) is 3.17. The summed E-state index contributed by atoms with van der Waals surface area (Å²) in [7, 11) is 0. The summed E-state index contributed by atoms with van der Waals surface area (Å²) >= 11 is 6.18. The van der Waals surface area contributed by atoms with Gasteiger partial charge in [0.25, 0.3) is 0 Å². The van der Waals surface area contributed by atoms with Gasteiger partial charge in [0.05, 0.1) is 11.6 Å². The summed E-state index contributed by atoms with van der Waals surface area (Å²) in [6.07, 6.45) is 0. The van der Waals surface area contributed by atoms with E-state index in [1.54, 1.807) is 0 Å². The molecule has 0 spiro atoms. The zero-order valence-electron chi connectivity index (χ0n) is 11.9. The average Bonchev–Trinajstić information content (AvgIpc) is 2.46. The second-order valence-corrected chi connectivity index (χ2v) is 4.86. The topological polar surface area (TPSA) is 60.1 Å². The van der Waals surface area contributed by atoms with Crippen LogP contribution < -0.4 is 15.2 Å². The number of aliphatic imine (C=N–C) groups is 1. The highest BCUT2D eigenvalue weighted by molar-refractivity contribution is 6.32. The lowest BCUT2D eigenvalue weighted by molar-refractivity contribution is 0.171. The summed E-state index contributed by atoms with van der Waals surface area (Å²) in [5.41, 5.74) is 6.90. The number of hydrogen-bond acceptors (Lipinski definition) is 3. The van der Waals surface area contributed by atoms with E-state index < -0.39 is 0 Å². The van der Waals surface area contributed by atoms with Crippen LogP contribution in [0.25, 0.3) is 0 Å². The number of ether oxygens (including phenoxy) is 2. The first-order chi connectivity index (χ1) is 9.65. The summed E-state index contributed by atoms with van der Waals surface area (Å²) in [6.45, 7) is 7.32. The minimum atomic E-state index is 0.471. The lowest BCUT2D eigenvalue weighted by Gasteiger charge is -2.21. The molecule has 0 atom stereocenters. The van der Waals surface area contributed by atoms with Crippen molar-refractivity contribution in [2.45, 2.75) is 20.4 Å². The minimum Gasteiger partial charge on any atom is -0.486 e. The Morgan fingerprint density at radius 2 is 2.00 bits per heavy atom. The van der Waals surface area contributed by atoms with E-state index in [4.69, 9.17) is 26.8 Å². The first-order valence-corrected chi connectivity index (χ1v) is 7.16. The van der Waals surface area contributed by atoms with Crippen LogP contribution in [-0.2, 0) is 6.54 Å². The van der Waals surface area contributed by atoms with Crippen LogP contribution in [-0.4, -0.2) is 37.2 Å². The Balaban J connectivity index is 2.14. The Hall–Kier alpha value is -1.62. The van der Waals surface area contributed by atoms with Crippen molar-refractivity contribution in [2.75, 3.05) is 26.3 Å². The SMILES string of the molecule is CCN(CC)C(N)=NCc1cc(Cl)c2c(c1)OCCO2. The smallest absolute Gasteiger partial charge is 0.191 e. The molecule has 0 bridgehead atoms. The Kier molecular flexibility index (Phi) is 4.95. The Morgan fingerprint density at radius 1 is 1.30 bits per heavy atom. The maximum Gasteiger partial charge on any atom is 0.191 e. The van der Waals surface area contributed by atoms with E-state index in [2.05, 4.69) is 4.99 Å². The van der Waals surface area contributed by atoms with Gasteiger partial charge in [-0.2, -0.15) is 0 Å². The number of rotatable bonds is 4. The normalized spacial score (nSPS) is 14.2. The van der Waals surface area contributed by atoms with Crippen molar-refractivity contribution in [1.29, 1.82) is 0 Å². The van der Waals surface area contributed by atoms with Crippen molar-refractivity contribution in [3.63, 3.8) is 0 Å². The van der Waals surface area contributed by atoms with Gasteiger partial charge >= 0.3 is 0 Å². The Labute approximate surface area is 124 Å². The Morgan fingerprint density at radius 3 is 2.70 bits per heavy atom. The molecule has 0 saturated heterocycles. The number of fused-ring (bicyclic) bond motifs is 1. The fourth-order valence-corrected chi connectivity index (χ4v) is 2.36. The molecule has 1 aromatic carbocycles. The molecule has 110 valence electrons. The van der Waals surface area contributed by atoms with Crippen LogP contribution in [0.3, 0.4) is 0 Å². The summed E-state index contributed by atoms with van der Waals surface area (Å²) in [5, 5.41) is 0.550. The molecule has 1 aromatic rings. The highest BCUT2D eigenvalue weighted by Crippen LogP contribution is 2.38. The number of guanidine groups is 1. The number of nitrogens with zero attached hydrogens (tertiary/aromatic N) is 2. The number of benzene rings is 1. The zero-order chi connectivity index (χ0) is 14.5. The van der Waals surface area contributed by atoms with E-state index in [1.165, 1.54) is 0 Å². The molecule has 5 nitrogen and oxygen atoms in total. The van der Waals surface area contributed by atoms with Crippen LogP contribution in [0.1, 0.15) is 19.4 Å². The highest BCUT2D eigenvalue weighted by atomic mass is 35.5. The van der Waals surface area contributed by atoms with Crippen LogP contribution in [0.2, 0.25) is 5.02 Å². The second-order valence-electron chi connectivity index (χ2n) is 4.45. The van der Waals surface area contributed by atoms with E-state index >= 15 is 0 Å². The molecule has 6 heteroatoms. The lowest BCUT2D eigenvalue weighted by atomic mass is 10.2. The predicted octanol–water partition coefficient (Wildman–Crippen LogP) is 2.27. The zero-order valence-corrected chi connectivity index (χ0v) is 12.6. The van der Waals surface area contributed by atoms with Gasteiger partial charge in [-0.15, -0.1) is 0 Å². The lowest BCUT2D eigenvalue weighted by Crippen LogP contribution is -2.37. The molecule has 1 aliphatic heterocycles. The molecule has 0 radical (unpaired) electrons. The van der Waals surface area contributed by atoms with Gasteiger partial charge in [-0.25, -0.2) is 4.99 Å². The van der Waals surface area contributed by atoms with Crippen molar-refractivity contribution in [3.8, 4) is 11.5 Å². The van der Waals surface area contributed by atoms with E-state index in [0.29, 0.717) is 42.2 Å². The summed E-state index contributed by atoms with van der Waals surface area (Å²) in [6, 6.07) is 3.74. The van der Waals surface area contributed by atoms with Crippen molar-refractivity contribution in [2.24, 2.45) is 10.7 Å².